The van der Waals surface area contributed by atoms with Crippen LogP contribution >= 0.6 is 39.1 Å². The molecule has 5 heteroatoms. The van der Waals surface area contributed by atoms with Crippen molar-refractivity contribution in [3.8, 4) is 5.69 Å². The first-order chi connectivity index (χ1) is 9.99. The predicted molar refractivity (Wildman–Crippen MR) is 92.8 cm³/mol. The summed E-state index contributed by atoms with van der Waals surface area (Å²) in [6, 6.07) is 11.9. The summed E-state index contributed by atoms with van der Waals surface area (Å²) >= 11 is 16.2. The number of hydrogen-bond acceptors (Lipinski definition) is 1. The van der Waals surface area contributed by atoms with Gasteiger partial charge in [0.05, 0.1) is 27.1 Å². The maximum atomic E-state index is 6.43. The van der Waals surface area contributed by atoms with Crippen LogP contribution in [0.2, 0.25) is 5.02 Å². The van der Waals surface area contributed by atoms with Gasteiger partial charge in [-0.1, -0.05) is 39.7 Å². The molecule has 2 nitrogen and oxygen atoms in total. The SMILES string of the molecule is Cc1cccc2nc(C(C)Cl)n(-c3ccc(Br)cc3Cl)c12. The van der Waals surface area contributed by atoms with Crippen molar-refractivity contribution in [1.29, 1.82) is 0 Å². The van der Waals surface area contributed by atoms with Crippen LogP contribution in [0.15, 0.2) is 40.9 Å². The van der Waals surface area contributed by atoms with Gasteiger partial charge in [-0.05, 0) is 43.7 Å². The van der Waals surface area contributed by atoms with Crippen LogP contribution in [0.25, 0.3) is 16.7 Å². The van der Waals surface area contributed by atoms with Gasteiger partial charge in [0.25, 0.3) is 0 Å². The molecule has 1 heterocycles. The van der Waals surface area contributed by atoms with Gasteiger partial charge in [-0.15, -0.1) is 11.6 Å². The quantitative estimate of drug-likeness (QED) is 0.492. The van der Waals surface area contributed by atoms with Crippen LogP contribution in [0, 0.1) is 6.92 Å². The second-order valence-corrected chi connectivity index (χ2v) is 6.94. The summed E-state index contributed by atoms with van der Waals surface area (Å²) in [6.45, 7) is 3.98. The molecule has 0 saturated heterocycles. The van der Waals surface area contributed by atoms with Gasteiger partial charge in [0.2, 0.25) is 0 Å². The molecule has 0 aliphatic heterocycles. The van der Waals surface area contributed by atoms with E-state index in [0.29, 0.717) is 5.02 Å². The third-order valence-corrected chi connectivity index (χ3v) is 4.40. The van der Waals surface area contributed by atoms with E-state index in [9.17, 15) is 0 Å². The molecule has 2 aromatic carbocycles. The number of fused-ring (bicyclic) bond motifs is 1. The predicted octanol–water partition coefficient (Wildman–Crippen LogP) is 6.05. The zero-order valence-corrected chi connectivity index (χ0v) is 14.7. The second-order valence-electron chi connectivity index (χ2n) is 4.96. The number of aromatic nitrogens is 2. The average Bonchev–Trinajstić information content (AvgIpc) is 2.80. The number of nitrogens with zero attached hydrogens (tertiary/aromatic N) is 2. The number of hydrogen-bond donors (Lipinski definition) is 0. The Morgan fingerprint density at radius 2 is 2.00 bits per heavy atom. The third kappa shape index (κ3) is 2.59. The minimum absolute atomic E-state index is 0.212. The molecule has 0 spiro atoms. The molecule has 0 bridgehead atoms. The fourth-order valence-electron chi connectivity index (χ4n) is 2.49. The van der Waals surface area contributed by atoms with Gasteiger partial charge in [-0.25, -0.2) is 4.98 Å². The molecule has 3 aromatic rings. The molecular weight excluding hydrogens is 371 g/mol. The van der Waals surface area contributed by atoms with Gasteiger partial charge in [-0.3, -0.25) is 4.57 Å². The highest BCUT2D eigenvalue weighted by Crippen LogP contribution is 2.33. The minimum Gasteiger partial charge on any atom is -0.293 e. The van der Waals surface area contributed by atoms with E-state index >= 15 is 0 Å². The number of alkyl halides is 1. The minimum atomic E-state index is -0.212. The number of imidazole rings is 1. The van der Waals surface area contributed by atoms with Crippen LogP contribution in [-0.2, 0) is 0 Å². The second kappa shape index (κ2) is 5.64. The summed E-state index contributed by atoms with van der Waals surface area (Å²) in [5, 5.41) is 0.446. The lowest BCUT2D eigenvalue weighted by Gasteiger charge is -2.13. The number of aryl methyl sites for hydroxylation is 1. The van der Waals surface area contributed by atoms with Crippen molar-refractivity contribution in [1.82, 2.24) is 9.55 Å². The van der Waals surface area contributed by atoms with Gasteiger partial charge in [0.15, 0.2) is 0 Å². The summed E-state index contributed by atoms with van der Waals surface area (Å²) in [4.78, 5) is 4.67. The van der Waals surface area contributed by atoms with Crippen molar-refractivity contribution in [2.75, 3.05) is 0 Å². The van der Waals surface area contributed by atoms with Crippen LogP contribution in [-0.4, -0.2) is 9.55 Å². The molecule has 3 rings (SSSR count). The van der Waals surface area contributed by atoms with Gasteiger partial charge in [0.1, 0.15) is 5.82 Å². The van der Waals surface area contributed by atoms with Crippen LogP contribution in [0.3, 0.4) is 0 Å². The first-order valence-electron chi connectivity index (χ1n) is 6.56. The highest BCUT2D eigenvalue weighted by molar-refractivity contribution is 9.10. The zero-order chi connectivity index (χ0) is 15.1. The van der Waals surface area contributed by atoms with E-state index in [0.717, 1.165) is 32.6 Å². The first kappa shape index (κ1) is 14.9. The molecule has 108 valence electrons. The summed E-state index contributed by atoms with van der Waals surface area (Å²) < 4.78 is 3.00. The highest BCUT2D eigenvalue weighted by Gasteiger charge is 2.19. The molecule has 21 heavy (non-hydrogen) atoms. The van der Waals surface area contributed by atoms with E-state index in [1.54, 1.807) is 0 Å². The number of benzene rings is 2. The summed E-state index contributed by atoms with van der Waals surface area (Å²) in [7, 11) is 0. The molecule has 0 aliphatic carbocycles. The van der Waals surface area contributed by atoms with Crippen molar-refractivity contribution in [3.63, 3.8) is 0 Å². The maximum absolute atomic E-state index is 6.43. The molecular formula is C16H13BrCl2N2. The van der Waals surface area contributed by atoms with Crippen molar-refractivity contribution in [2.24, 2.45) is 0 Å². The van der Waals surface area contributed by atoms with Gasteiger partial charge >= 0.3 is 0 Å². The topological polar surface area (TPSA) is 17.8 Å². The molecule has 1 atom stereocenters. The van der Waals surface area contributed by atoms with Gasteiger partial charge < -0.3 is 0 Å². The van der Waals surface area contributed by atoms with E-state index < -0.39 is 0 Å². The van der Waals surface area contributed by atoms with E-state index in [2.05, 4.69) is 38.5 Å². The highest BCUT2D eigenvalue weighted by atomic mass is 79.9. The van der Waals surface area contributed by atoms with Crippen molar-refractivity contribution in [3.05, 3.63) is 57.3 Å². The number of halogens is 3. The zero-order valence-electron chi connectivity index (χ0n) is 11.6. The largest absolute Gasteiger partial charge is 0.293 e. The molecule has 0 aliphatic rings. The standard InChI is InChI=1S/C16H13BrCl2N2/c1-9-4-3-5-13-15(9)21(16(20-13)10(2)18)14-7-6-11(17)8-12(14)19/h3-8,10H,1-2H3. The lowest BCUT2D eigenvalue weighted by Crippen LogP contribution is -2.03. The molecule has 0 fully saturated rings. The van der Waals surface area contributed by atoms with Gasteiger partial charge in [0, 0.05) is 4.47 Å². The van der Waals surface area contributed by atoms with Crippen LogP contribution < -0.4 is 0 Å². The fourth-order valence-corrected chi connectivity index (χ4v) is 3.39. The molecule has 1 aromatic heterocycles. The Bertz CT molecular complexity index is 825. The monoisotopic (exact) mass is 382 g/mol. The van der Waals surface area contributed by atoms with E-state index in [1.807, 2.05) is 37.3 Å². The molecule has 0 radical (unpaired) electrons. The Balaban J connectivity index is 2.41. The normalized spacial score (nSPS) is 12.8. The molecule has 0 amide bonds. The summed E-state index contributed by atoms with van der Waals surface area (Å²) in [6.07, 6.45) is 0. The van der Waals surface area contributed by atoms with Crippen LogP contribution in [0.5, 0.6) is 0 Å². The van der Waals surface area contributed by atoms with Gasteiger partial charge in [-0.2, -0.15) is 0 Å². The molecule has 1 unspecified atom stereocenters. The summed E-state index contributed by atoms with van der Waals surface area (Å²) in [5.41, 5.74) is 4.00. The van der Waals surface area contributed by atoms with E-state index in [4.69, 9.17) is 23.2 Å². The Morgan fingerprint density at radius 1 is 1.24 bits per heavy atom. The fraction of sp³-hybridized carbons (Fsp3) is 0.188. The van der Waals surface area contributed by atoms with Crippen molar-refractivity contribution >= 4 is 50.2 Å². The smallest absolute Gasteiger partial charge is 0.132 e. The third-order valence-electron chi connectivity index (χ3n) is 3.41. The number of para-hydroxylation sites is 1. The Labute approximate surface area is 141 Å². The lowest BCUT2D eigenvalue weighted by atomic mass is 10.2. The number of rotatable bonds is 2. The van der Waals surface area contributed by atoms with E-state index in [-0.39, 0.29) is 5.38 Å². The van der Waals surface area contributed by atoms with E-state index in [1.165, 1.54) is 0 Å². The first-order valence-corrected chi connectivity index (χ1v) is 8.17. The lowest BCUT2D eigenvalue weighted by molar-refractivity contribution is 0.881. The average molecular weight is 384 g/mol. The summed E-state index contributed by atoms with van der Waals surface area (Å²) in [5.74, 6) is 0.796. The maximum Gasteiger partial charge on any atom is 0.132 e. The molecule has 0 saturated carbocycles. The van der Waals surface area contributed by atoms with Crippen molar-refractivity contribution in [2.45, 2.75) is 19.2 Å². The van der Waals surface area contributed by atoms with Crippen LogP contribution in [0.1, 0.15) is 23.7 Å². The van der Waals surface area contributed by atoms with Crippen LogP contribution in [0.4, 0.5) is 0 Å². The Hall–Kier alpha value is -1.03. The van der Waals surface area contributed by atoms with Crippen molar-refractivity contribution < 1.29 is 0 Å². The Morgan fingerprint density at radius 3 is 2.67 bits per heavy atom. The Kier molecular flexibility index (Phi) is 4.00. The molecule has 0 N–H and O–H groups in total.